The van der Waals surface area contributed by atoms with E-state index in [0.717, 1.165) is 30.3 Å². The molecule has 1 saturated heterocycles. The average Bonchev–Trinajstić information content (AvgIpc) is 2.93. The van der Waals surface area contributed by atoms with Crippen LogP contribution in [0.2, 0.25) is 0 Å². The van der Waals surface area contributed by atoms with Gasteiger partial charge in [0.1, 0.15) is 11.9 Å². The third kappa shape index (κ3) is 3.18. The van der Waals surface area contributed by atoms with Crippen LogP contribution in [0.3, 0.4) is 0 Å². The number of carbonyl (C=O) groups is 1. The summed E-state index contributed by atoms with van der Waals surface area (Å²) >= 11 is 0. The first-order chi connectivity index (χ1) is 11.1. The SMILES string of the molecule is Cc1cc(C)n(C(C)C(=O)N2CCN(c3cnccn3)CC2)n1. The first-order valence-electron chi connectivity index (χ1n) is 7.89. The molecule has 3 rings (SSSR count). The Bertz CT molecular complexity index is 675. The van der Waals surface area contributed by atoms with Gasteiger partial charge in [0.25, 0.3) is 0 Å². The van der Waals surface area contributed by atoms with E-state index in [0.29, 0.717) is 13.1 Å². The van der Waals surface area contributed by atoms with E-state index in [1.165, 1.54) is 0 Å². The molecule has 0 aliphatic carbocycles. The molecule has 1 atom stereocenters. The summed E-state index contributed by atoms with van der Waals surface area (Å²) in [5.41, 5.74) is 1.95. The molecule has 0 N–H and O–H groups in total. The van der Waals surface area contributed by atoms with Crippen molar-refractivity contribution in [2.45, 2.75) is 26.8 Å². The van der Waals surface area contributed by atoms with Crippen LogP contribution < -0.4 is 4.90 Å². The Kier molecular flexibility index (Phi) is 4.27. The van der Waals surface area contributed by atoms with Crippen molar-refractivity contribution in [3.8, 4) is 0 Å². The molecule has 1 aliphatic rings. The van der Waals surface area contributed by atoms with Gasteiger partial charge in [0, 0.05) is 44.3 Å². The fourth-order valence-electron chi connectivity index (χ4n) is 3.02. The number of rotatable bonds is 3. The number of carbonyl (C=O) groups excluding carboxylic acids is 1. The molecular formula is C16H22N6O. The highest BCUT2D eigenvalue weighted by Gasteiger charge is 2.27. The van der Waals surface area contributed by atoms with Gasteiger partial charge in [0.15, 0.2) is 0 Å². The predicted molar refractivity (Wildman–Crippen MR) is 87.2 cm³/mol. The van der Waals surface area contributed by atoms with Crippen molar-refractivity contribution in [3.63, 3.8) is 0 Å². The minimum absolute atomic E-state index is 0.120. The molecule has 1 aliphatic heterocycles. The number of piperazine rings is 1. The van der Waals surface area contributed by atoms with Gasteiger partial charge in [0.2, 0.25) is 5.91 Å². The van der Waals surface area contributed by atoms with Gasteiger partial charge >= 0.3 is 0 Å². The monoisotopic (exact) mass is 314 g/mol. The molecule has 122 valence electrons. The zero-order valence-corrected chi connectivity index (χ0v) is 13.8. The summed E-state index contributed by atoms with van der Waals surface area (Å²) in [6.07, 6.45) is 5.12. The van der Waals surface area contributed by atoms with Crippen molar-refractivity contribution >= 4 is 11.7 Å². The number of aryl methyl sites for hydroxylation is 2. The van der Waals surface area contributed by atoms with Crippen LogP contribution in [0.4, 0.5) is 5.82 Å². The first-order valence-corrected chi connectivity index (χ1v) is 7.89. The zero-order chi connectivity index (χ0) is 16.4. The summed E-state index contributed by atoms with van der Waals surface area (Å²) in [5, 5.41) is 4.43. The number of amides is 1. The number of anilines is 1. The van der Waals surface area contributed by atoms with E-state index in [9.17, 15) is 4.79 Å². The molecule has 1 fully saturated rings. The Hall–Kier alpha value is -2.44. The van der Waals surface area contributed by atoms with Crippen molar-refractivity contribution in [1.82, 2.24) is 24.6 Å². The molecule has 3 heterocycles. The lowest BCUT2D eigenvalue weighted by atomic mass is 10.2. The van der Waals surface area contributed by atoms with Crippen LogP contribution in [0.5, 0.6) is 0 Å². The third-order valence-corrected chi connectivity index (χ3v) is 4.23. The van der Waals surface area contributed by atoms with Crippen molar-refractivity contribution in [2.24, 2.45) is 0 Å². The van der Waals surface area contributed by atoms with Crippen LogP contribution in [0, 0.1) is 13.8 Å². The number of hydrogen-bond donors (Lipinski definition) is 0. The Balaban J connectivity index is 1.63. The lowest BCUT2D eigenvalue weighted by Gasteiger charge is -2.36. The normalized spacial score (nSPS) is 16.5. The van der Waals surface area contributed by atoms with Crippen molar-refractivity contribution in [1.29, 1.82) is 0 Å². The van der Waals surface area contributed by atoms with Crippen molar-refractivity contribution in [3.05, 3.63) is 36.0 Å². The van der Waals surface area contributed by atoms with E-state index in [2.05, 4.69) is 20.0 Å². The maximum Gasteiger partial charge on any atom is 0.247 e. The van der Waals surface area contributed by atoms with Crippen LogP contribution in [0.25, 0.3) is 0 Å². The van der Waals surface area contributed by atoms with Crippen LogP contribution >= 0.6 is 0 Å². The smallest absolute Gasteiger partial charge is 0.247 e. The summed E-state index contributed by atoms with van der Waals surface area (Å²) in [7, 11) is 0. The summed E-state index contributed by atoms with van der Waals surface area (Å²) < 4.78 is 1.81. The highest BCUT2D eigenvalue weighted by molar-refractivity contribution is 5.80. The van der Waals surface area contributed by atoms with E-state index in [4.69, 9.17) is 0 Å². The molecule has 2 aromatic heterocycles. The lowest BCUT2D eigenvalue weighted by Crippen LogP contribution is -2.50. The van der Waals surface area contributed by atoms with E-state index >= 15 is 0 Å². The highest BCUT2D eigenvalue weighted by atomic mass is 16.2. The molecule has 0 bridgehead atoms. The molecule has 7 heteroatoms. The highest BCUT2D eigenvalue weighted by Crippen LogP contribution is 2.17. The number of hydrogen-bond acceptors (Lipinski definition) is 5. The molecule has 0 spiro atoms. The Morgan fingerprint density at radius 2 is 1.91 bits per heavy atom. The minimum atomic E-state index is -0.272. The molecule has 1 amide bonds. The van der Waals surface area contributed by atoms with Gasteiger partial charge in [-0.2, -0.15) is 5.10 Å². The third-order valence-electron chi connectivity index (χ3n) is 4.23. The van der Waals surface area contributed by atoms with Gasteiger partial charge in [-0.25, -0.2) is 4.98 Å². The first kappa shape index (κ1) is 15.5. The van der Waals surface area contributed by atoms with Crippen LogP contribution in [-0.4, -0.2) is 56.7 Å². The van der Waals surface area contributed by atoms with E-state index in [-0.39, 0.29) is 11.9 Å². The topological polar surface area (TPSA) is 67.2 Å². The largest absolute Gasteiger partial charge is 0.352 e. The molecule has 7 nitrogen and oxygen atoms in total. The Morgan fingerprint density at radius 3 is 2.48 bits per heavy atom. The van der Waals surface area contributed by atoms with Gasteiger partial charge in [-0.1, -0.05) is 0 Å². The summed E-state index contributed by atoms with van der Waals surface area (Å²) in [5.74, 6) is 0.987. The summed E-state index contributed by atoms with van der Waals surface area (Å²) in [6.45, 7) is 8.77. The van der Waals surface area contributed by atoms with Crippen LogP contribution in [0.1, 0.15) is 24.4 Å². The fourth-order valence-corrected chi connectivity index (χ4v) is 3.02. The maximum absolute atomic E-state index is 12.7. The lowest BCUT2D eigenvalue weighted by molar-refractivity contribution is -0.134. The van der Waals surface area contributed by atoms with Gasteiger partial charge < -0.3 is 9.80 Å². The second kappa shape index (κ2) is 6.36. The molecular weight excluding hydrogens is 292 g/mol. The standard InChI is InChI=1S/C16H22N6O/c1-12-10-13(2)22(19-12)14(3)16(23)21-8-6-20(7-9-21)15-11-17-4-5-18-15/h4-5,10-11,14H,6-9H2,1-3H3. The number of nitrogens with zero attached hydrogens (tertiary/aromatic N) is 6. The van der Waals surface area contributed by atoms with Crippen LogP contribution in [-0.2, 0) is 4.79 Å². The molecule has 1 unspecified atom stereocenters. The second-order valence-corrected chi connectivity index (χ2v) is 5.92. The Labute approximate surface area is 135 Å². The predicted octanol–water partition coefficient (Wildman–Crippen LogP) is 1.20. The van der Waals surface area contributed by atoms with Gasteiger partial charge in [-0.3, -0.25) is 14.5 Å². The Morgan fingerprint density at radius 1 is 1.17 bits per heavy atom. The molecule has 0 radical (unpaired) electrons. The van der Waals surface area contributed by atoms with Crippen molar-refractivity contribution in [2.75, 3.05) is 31.1 Å². The van der Waals surface area contributed by atoms with Gasteiger partial charge in [0.05, 0.1) is 11.9 Å². The summed E-state index contributed by atoms with van der Waals surface area (Å²) in [4.78, 5) is 25.2. The van der Waals surface area contributed by atoms with E-state index in [1.807, 2.05) is 36.4 Å². The van der Waals surface area contributed by atoms with E-state index in [1.54, 1.807) is 18.6 Å². The zero-order valence-electron chi connectivity index (χ0n) is 13.8. The van der Waals surface area contributed by atoms with Crippen molar-refractivity contribution < 1.29 is 4.79 Å². The molecule has 2 aromatic rings. The molecule has 0 saturated carbocycles. The van der Waals surface area contributed by atoms with Gasteiger partial charge in [-0.15, -0.1) is 0 Å². The van der Waals surface area contributed by atoms with E-state index < -0.39 is 0 Å². The quantitative estimate of drug-likeness (QED) is 0.851. The summed E-state index contributed by atoms with van der Waals surface area (Å²) in [6, 6.07) is 1.72. The maximum atomic E-state index is 12.7. The second-order valence-electron chi connectivity index (χ2n) is 5.92. The molecule has 0 aromatic carbocycles. The minimum Gasteiger partial charge on any atom is -0.352 e. The van der Waals surface area contributed by atoms with Crippen LogP contribution in [0.15, 0.2) is 24.7 Å². The number of aromatic nitrogens is 4. The average molecular weight is 314 g/mol. The van der Waals surface area contributed by atoms with Gasteiger partial charge in [-0.05, 0) is 26.8 Å². The fraction of sp³-hybridized carbons (Fsp3) is 0.500. The molecule has 23 heavy (non-hydrogen) atoms.